The molecular formula is C21H32N2. The molecule has 0 radical (unpaired) electrons. The topological polar surface area (TPSA) is 6.48 Å². The first kappa shape index (κ1) is 17.7. The third-order valence-electron chi connectivity index (χ3n) is 5.17. The van der Waals surface area contributed by atoms with E-state index in [1.807, 2.05) is 0 Å². The summed E-state index contributed by atoms with van der Waals surface area (Å²) in [6.07, 6.45) is 5.81. The van der Waals surface area contributed by atoms with Crippen LogP contribution in [-0.4, -0.2) is 28.4 Å². The number of allylic oxidation sites excluding steroid dienone is 4. The lowest BCUT2D eigenvalue weighted by Crippen LogP contribution is -2.52. The van der Waals surface area contributed by atoms with Crippen molar-refractivity contribution < 1.29 is 0 Å². The van der Waals surface area contributed by atoms with Gasteiger partial charge in [-0.2, -0.15) is 0 Å². The molecule has 1 fully saturated rings. The lowest BCUT2D eigenvalue weighted by molar-refractivity contribution is 0.128. The maximum Gasteiger partial charge on any atom is 0.0674 e. The summed E-state index contributed by atoms with van der Waals surface area (Å²) < 4.78 is 0. The van der Waals surface area contributed by atoms with E-state index in [9.17, 15) is 0 Å². The Morgan fingerprint density at radius 3 is 2.52 bits per heavy atom. The Morgan fingerprint density at radius 2 is 2.00 bits per heavy atom. The molecule has 23 heavy (non-hydrogen) atoms. The van der Waals surface area contributed by atoms with Crippen molar-refractivity contribution in [2.24, 2.45) is 0 Å². The van der Waals surface area contributed by atoms with Crippen LogP contribution in [0.3, 0.4) is 0 Å². The fourth-order valence-electron chi connectivity index (χ4n) is 3.97. The summed E-state index contributed by atoms with van der Waals surface area (Å²) in [6.45, 7) is 25.0. The van der Waals surface area contributed by atoms with E-state index in [2.05, 4.69) is 70.4 Å². The van der Waals surface area contributed by atoms with Gasteiger partial charge in [0, 0.05) is 24.8 Å². The Hall–Kier alpha value is -1.70. The normalized spacial score (nSPS) is 23.0. The summed E-state index contributed by atoms with van der Waals surface area (Å²) in [6, 6.07) is 1.04. The molecule has 0 aliphatic carbocycles. The van der Waals surface area contributed by atoms with Gasteiger partial charge in [-0.1, -0.05) is 40.0 Å². The van der Waals surface area contributed by atoms with Gasteiger partial charge in [-0.05, 0) is 55.9 Å². The van der Waals surface area contributed by atoms with Crippen LogP contribution in [0.25, 0.3) is 0 Å². The van der Waals surface area contributed by atoms with E-state index >= 15 is 0 Å². The molecule has 2 unspecified atom stereocenters. The molecule has 2 atom stereocenters. The van der Waals surface area contributed by atoms with Gasteiger partial charge in [-0.3, -0.25) is 0 Å². The van der Waals surface area contributed by atoms with Crippen molar-refractivity contribution in [3.05, 3.63) is 59.6 Å². The van der Waals surface area contributed by atoms with Crippen LogP contribution >= 0.6 is 0 Å². The van der Waals surface area contributed by atoms with Crippen molar-refractivity contribution in [2.75, 3.05) is 6.54 Å². The van der Waals surface area contributed by atoms with E-state index in [0.717, 1.165) is 29.8 Å². The van der Waals surface area contributed by atoms with Crippen LogP contribution in [0.4, 0.5) is 0 Å². The lowest BCUT2D eigenvalue weighted by atomic mass is 9.88. The second kappa shape index (κ2) is 6.82. The van der Waals surface area contributed by atoms with Crippen LogP contribution in [0.5, 0.6) is 0 Å². The Balaban J connectivity index is 2.42. The zero-order chi connectivity index (χ0) is 17.3. The standard InChI is InChI=1S/C21H32N2/c1-9-11-19(10-2)23-15(5)12-22-13-20(14(3)4)16(6)17(7)21(22)18(23)8/h13,15,19H,3,6,8-12H2,1-2,4-5,7H3. The average Bonchev–Trinajstić information content (AvgIpc) is 2.49. The minimum absolute atomic E-state index is 0.463. The van der Waals surface area contributed by atoms with Gasteiger partial charge < -0.3 is 9.80 Å². The van der Waals surface area contributed by atoms with Gasteiger partial charge in [0.15, 0.2) is 0 Å². The molecule has 0 amide bonds. The second-order valence-corrected chi connectivity index (χ2v) is 6.98. The molecular weight excluding hydrogens is 280 g/mol. The van der Waals surface area contributed by atoms with Crippen molar-refractivity contribution >= 4 is 0 Å². The van der Waals surface area contributed by atoms with Crippen molar-refractivity contribution in [3.63, 3.8) is 0 Å². The monoisotopic (exact) mass is 312 g/mol. The van der Waals surface area contributed by atoms with Crippen LogP contribution < -0.4 is 0 Å². The number of rotatable bonds is 5. The van der Waals surface area contributed by atoms with E-state index in [0.29, 0.717) is 12.1 Å². The zero-order valence-corrected chi connectivity index (χ0v) is 15.6. The third-order valence-corrected chi connectivity index (χ3v) is 5.17. The van der Waals surface area contributed by atoms with Gasteiger partial charge in [0.05, 0.1) is 11.4 Å². The number of hydrogen-bond acceptors (Lipinski definition) is 2. The Morgan fingerprint density at radius 1 is 1.35 bits per heavy atom. The molecule has 2 heterocycles. The molecule has 1 saturated heterocycles. The fourth-order valence-corrected chi connectivity index (χ4v) is 3.97. The average molecular weight is 313 g/mol. The summed E-state index contributed by atoms with van der Waals surface area (Å²) in [5, 5.41) is 0. The lowest BCUT2D eigenvalue weighted by Gasteiger charge is -2.49. The van der Waals surface area contributed by atoms with E-state index in [1.165, 1.54) is 29.7 Å². The molecule has 0 saturated carbocycles. The van der Waals surface area contributed by atoms with E-state index < -0.39 is 0 Å². The first-order chi connectivity index (χ1) is 10.8. The van der Waals surface area contributed by atoms with Crippen LogP contribution in [0.15, 0.2) is 59.6 Å². The number of hydrogen-bond donors (Lipinski definition) is 0. The maximum absolute atomic E-state index is 4.47. The number of piperazine rings is 1. The Labute approximate surface area is 142 Å². The van der Waals surface area contributed by atoms with E-state index in [1.54, 1.807) is 0 Å². The highest BCUT2D eigenvalue weighted by molar-refractivity contribution is 5.59. The van der Waals surface area contributed by atoms with Crippen LogP contribution in [-0.2, 0) is 0 Å². The highest BCUT2D eigenvalue weighted by Crippen LogP contribution is 2.40. The largest absolute Gasteiger partial charge is 0.363 e. The van der Waals surface area contributed by atoms with Crippen molar-refractivity contribution in [3.8, 4) is 0 Å². The first-order valence-corrected chi connectivity index (χ1v) is 8.85. The summed E-state index contributed by atoms with van der Waals surface area (Å²) in [7, 11) is 0. The molecule has 0 N–H and O–H groups in total. The molecule has 2 nitrogen and oxygen atoms in total. The summed E-state index contributed by atoms with van der Waals surface area (Å²) in [5.41, 5.74) is 6.96. The van der Waals surface area contributed by atoms with Crippen LogP contribution in [0.1, 0.15) is 53.9 Å². The second-order valence-electron chi connectivity index (χ2n) is 6.98. The van der Waals surface area contributed by atoms with Crippen molar-refractivity contribution in [1.29, 1.82) is 0 Å². The van der Waals surface area contributed by atoms with E-state index in [4.69, 9.17) is 0 Å². The molecule has 126 valence electrons. The van der Waals surface area contributed by atoms with Gasteiger partial charge in [0.2, 0.25) is 0 Å². The van der Waals surface area contributed by atoms with Gasteiger partial charge in [0.1, 0.15) is 0 Å². The third kappa shape index (κ3) is 3.04. The minimum atomic E-state index is 0.463. The van der Waals surface area contributed by atoms with Gasteiger partial charge >= 0.3 is 0 Å². The highest BCUT2D eigenvalue weighted by atomic mass is 15.3. The quantitative estimate of drug-likeness (QED) is 0.671. The van der Waals surface area contributed by atoms with Crippen molar-refractivity contribution in [1.82, 2.24) is 9.80 Å². The van der Waals surface area contributed by atoms with Crippen LogP contribution in [0.2, 0.25) is 0 Å². The molecule has 0 aromatic rings. The zero-order valence-electron chi connectivity index (χ0n) is 15.6. The Kier molecular flexibility index (Phi) is 5.23. The summed E-state index contributed by atoms with van der Waals surface area (Å²) >= 11 is 0. The number of nitrogens with zero attached hydrogens (tertiary/aromatic N) is 2. The highest BCUT2D eigenvalue weighted by Gasteiger charge is 2.35. The van der Waals surface area contributed by atoms with Gasteiger partial charge in [-0.15, -0.1) is 0 Å². The number of fused-ring (bicyclic) bond motifs is 1. The molecule has 2 aliphatic rings. The maximum atomic E-state index is 4.47. The predicted molar refractivity (Wildman–Crippen MR) is 101 cm³/mol. The first-order valence-electron chi connectivity index (χ1n) is 8.85. The molecule has 2 rings (SSSR count). The molecule has 2 heteroatoms. The van der Waals surface area contributed by atoms with Crippen LogP contribution in [0, 0.1) is 0 Å². The van der Waals surface area contributed by atoms with Crippen molar-refractivity contribution in [2.45, 2.75) is 66.0 Å². The van der Waals surface area contributed by atoms with Gasteiger partial charge in [-0.25, -0.2) is 0 Å². The Bertz CT molecular complexity index is 591. The molecule has 0 aromatic heterocycles. The summed E-state index contributed by atoms with van der Waals surface area (Å²) in [5.74, 6) is 0. The fraction of sp³-hybridized carbons (Fsp3) is 0.524. The van der Waals surface area contributed by atoms with E-state index in [-0.39, 0.29) is 0 Å². The molecule has 0 bridgehead atoms. The van der Waals surface area contributed by atoms with Gasteiger partial charge in [0.25, 0.3) is 0 Å². The summed E-state index contributed by atoms with van der Waals surface area (Å²) in [4.78, 5) is 4.90. The minimum Gasteiger partial charge on any atom is -0.363 e. The molecule has 0 spiro atoms. The molecule has 0 aromatic carbocycles. The predicted octanol–water partition coefficient (Wildman–Crippen LogP) is 5.39. The SMILES string of the molecule is C=C(C)C1=CN2CC(C)N(C(CC)CCC)C(=C)C2=C(C)C1=C. The smallest absolute Gasteiger partial charge is 0.0674 e. The molecule has 2 aliphatic heterocycles.